The van der Waals surface area contributed by atoms with Crippen LogP contribution in [0.15, 0.2) is 36.5 Å². The molecule has 0 fully saturated rings. The predicted octanol–water partition coefficient (Wildman–Crippen LogP) is 3.30. The number of nitrogens with one attached hydrogen (secondary N) is 1. The second kappa shape index (κ2) is 6.18. The zero-order valence-corrected chi connectivity index (χ0v) is 10.9. The Morgan fingerprint density at radius 1 is 1.28 bits per heavy atom. The molecule has 2 rings (SSSR count). The summed E-state index contributed by atoms with van der Waals surface area (Å²) in [5.41, 5.74) is 2.36. The van der Waals surface area contributed by atoms with Crippen molar-refractivity contribution >= 4 is 10.9 Å². The summed E-state index contributed by atoms with van der Waals surface area (Å²) in [6.07, 6.45) is 3.82. The molecule has 1 aromatic heterocycles. The van der Waals surface area contributed by atoms with Gasteiger partial charge in [0.05, 0.1) is 5.52 Å². The first-order valence-corrected chi connectivity index (χ1v) is 6.27. The Morgan fingerprint density at radius 2 is 2.11 bits per heavy atom. The van der Waals surface area contributed by atoms with Gasteiger partial charge in [0.25, 0.3) is 0 Å². The summed E-state index contributed by atoms with van der Waals surface area (Å²) in [7, 11) is 2.00. The van der Waals surface area contributed by atoms with Crippen molar-refractivity contribution in [3.05, 3.63) is 42.1 Å². The van der Waals surface area contributed by atoms with Gasteiger partial charge in [-0.2, -0.15) is 0 Å². The smallest absolute Gasteiger partial charge is 0.0705 e. The molecule has 0 aliphatic rings. The van der Waals surface area contributed by atoms with E-state index in [9.17, 15) is 0 Å². The third-order valence-electron chi connectivity index (χ3n) is 3.14. The summed E-state index contributed by atoms with van der Waals surface area (Å²) < 4.78 is 0. The average molecular weight is 238 g/mol. The quantitative estimate of drug-likeness (QED) is 0.827. The zero-order valence-electron chi connectivity index (χ0n) is 10.9. The SMILES string of the molecule is CC#CCCC(NC)c1ccnc2ccccc12. The highest BCUT2D eigenvalue weighted by Crippen LogP contribution is 2.25. The number of fused-ring (bicyclic) bond motifs is 1. The second-order valence-corrected chi connectivity index (χ2v) is 4.22. The van der Waals surface area contributed by atoms with E-state index in [4.69, 9.17) is 0 Å². The van der Waals surface area contributed by atoms with E-state index in [0.29, 0.717) is 6.04 Å². The van der Waals surface area contributed by atoms with Gasteiger partial charge in [-0.15, -0.1) is 11.8 Å². The summed E-state index contributed by atoms with van der Waals surface area (Å²) in [5.74, 6) is 6.07. The van der Waals surface area contributed by atoms with Crippen LogP contribution < -0.4 is 5.32 Å². The highest BCUT2D eigenvalue weighted by molar-refractivity contribution is 5.82. The van der Waals surface area contributed by atoms with E-state index >= 15 is 0 Å². The highest BCUT2D eigenvalue weighted by atomic mass is 14.9. The molecule has 0 aliphatic carbocycles. The number of hydrogen-bond donors (Lipinski definition) is 1. The van der Waals surface area contributed by atoms with E-state index in [-0.39, 0.29) is 0 Å². The van der Waals surface area contributed by atoms with Crippen LogP contribution in [0.2, 0.25) is 0 Å². The van der Waals surface area contributed by atoms with Gasteiger partial charge in [-0.3, -0.25) is 4.98 Å². The first-order chi connectivity index (χ1) is 8.86. The van der Waals surface area contributed by atoms with Crippen molar-refractivity contribution < 1.29 is 0 Å². The first-order valence-electron chi connectivity index (χ1n) is 6.27. The maximum absolute atomic E-state index is 4.40. The number of pyridine rings is 1. The molecular formula is C16H18N2. The van der Waals surface area contributed by atoms with E-state index < -0.39 is 0 Å². The summed E-state index contributed by atoms with van der Waals surface area (Å²) in [6.45, 7) is 1.89. The van der Waals surface area contributed by atoms with Crippen molar-refractivity contribution in [1.29, 1.82) is 0 Å². The van der Waals surface area contributed by atoms with Crippen LogP contribution >= 0.6 is 0 Å². The fourth-order valence-corrected chi connectivity index (χ4v) is 2.22. The molecule has 0 amide bonds. The normalized spacial score (nSPS) is 11.9. The van der Waals surface area contributed by atoms with Gasteiger partial charge in [-0.25, -0.2) is 0 Å². The highest BCUT2D eigenvalue weighted by Gasteiger charge is 2.11. The van der Waals surface area contributed by atoms with Gasteiger partial charge >= 0.3 is 0 Å². The molecule has 1 aromatic carbocycles. The molecule has 0 saturated heterocycles. The minimum absolute atomic E-state index is 0.332. The van der Waals surface area contributed by atoms with Crippen molar-refractivity contribution in [2.45, 2.75) is 25.8 Å². The van der Waals surface area contributed by atoms with Crippen LogP contribution in [0.3, 0.4) is 0 Å². The lowest BCUT2D eigenvalue weighted by Crippen LogP contribution is -2.16. The molecule has 2 aromatic rings. The summed E-state index contributed by atoms with van der Waals surface area (Å²) in [6, 6.07) is 10.7. The van der Waals surface area contributed by atoms with Crippen LogP contribution in [0.1, 0.15) is 31.4 Å². The van der Waals surface area contributed by atoms with Crippen LogP contribution in [-0.4, -0.2) is 12.0 Å². The maximum Gasteiger partial charge on any atom is 0.0705 e. The van der Waals surface area contributed by atoms with Gasteiger partial charge in [0, 0.05) is 24.0 Å². The van der Waals surface area contributed by atoms with Gasteiger partial charge < -0.3 is 5.32 Å². The van der Waals surface area contributed by atoms with Gasteiger partial charge in [-0.05, 0) is 38.1 Å². The second-order valence-electron chi connectivity index (χ2n) is 4.22. The van der Waals surface area contributed by atoms with Crippen molar-refractivity contribution in [2.75, 3.05) is 7.05 Å². The van der Waals surface area contributed by atoms with E-state index in [1.807, 2.05) is 26.2 Å². The number of aromatic nitrogens is 1. The van der Waals surface area contributed by atoms with Crippen molar-refractivity contribution in [3.8, 4) is 11.8 Å². The van der Waals surface area contributed by atoms with E-state index in [1.54, 1.807) is 0 Å². The minimum atomic E-state index is 0.332. The Balaban J connectivity index is 2.34. The number of benzene rings is 1. The van der Waals surface area contributed by atoms with Crippen LogP contribution in [0, 0.1) is 11.8 Å². The van der Waals surface area contributed by atoms with Crippen molar-refractivity contribution in [1.82, 2.24) is 10.3 Å². The number of hydrogen-bond acceptors (Lipinski definition) is 2. The first kappa shape index (κ1) is 12.6. The van der Waals surface area contributed by atoms with Crippen LogP contribution in [0.5, 0.6) is 0 Å². The Hall–Kier alpha value is -1.85. The fourth-order valence-electron chi connectivity index (χ4n) is 2.22. The Kier molecular flexibility index (Phi) is 4.33. The Morgan fingerprint density at radius 3 is 2.89 bits per heavy atom. The molecule has 0 aliphatic heterocycles. The number of rotatable bonds is 4. The molecule has 0 spiro atoms. The monoisotopic (exact) mass is 238 g/mol. The molecular weight excluding hydrogens is 220 g/mol. The molecule has 2 nitrogen and oxygen atoms in total. The molecule has 1 N–H and O–H groups in total. The van der Waals surface area contributed by atoms with Gasteiger partial charge in [0.15, 0.2) is 0 Å². The van der Waals surface area contributed by atoms with Gasteiger partial charge in [-0.1, -0.05) is 18.2 Å². The standard InChI is InChI=1S/C16H18N2/c1-3-4-5-9-15(17-2)14-11-12-18-16-10-7-6-8-13(14)16/h6-8,10-12,15,17H,5,9H2,1-2H3. The summed E-state index contributed by atoms with van der Waals surface area (Å²) in [5, 5.41) is 4.60. The third kappa shape index (κ3) is 2.69. The lowest BCUT2D eigenvalue weighted by Gasteiger charge is -2.17. The maximum atomic E-state index is 4.40. The zero-order chi connectivity index (χ0) is 12.8. The molecule has 1 atom stereocenters. The average Bonchev–Trinajstić information content (AvgIpc) is 2.43. The molecule has 92 valence electrons. The van der Waals surface area contributed by atoms with Crippen molar-refractivity contribution in [2.24, 2.45) is 0 Å². The number of nitrogens with zero attached hydrogens (tertiary/aromatic N) is 1. The molecule has 0 saturated carbocycles. The topological polar surface area (TPSA) is 24.9 Å². The van der Waals surface area contributed by atoms with Crippen LogP contribution in [0.25, 0.3) is 10.9 Å². The lowest BCUT2D eigenvalue weighted by molar-refractivity contribution is 0.562. The Labute approximate surface area is 108 Å². The fraction of sp³-hybridized carbons (Fsp3) is 0.312. The summed E-state index contributed by atoms with van der Waals surface area (Å²) in [4.78, 5) is 4.40. The predicted molar refractivity (Wildman–Crippen MR) is 76.2 cm³/mol. The molecule has 0 bridgehead atoms. The minimum Gasteiger partial charge on any atom is -0.313 e. The van der Waals surface area contributed by atoms with Gasteiger partial charge in [0.1, 0.15) is 0 Å². The molecule has 2 heteroatoms. The summed E-state index contributed by atoms with van der Waals surface area (Å²) >= 11 is 0. The van der Waals surface area contributed by atoms with E-state index in [2.05, 4.69) is 46.4 Å². The molecule has 18 heavy (non-hydrogen) atoms. The van der Waals surface area contributed by atoms with Crippen LogP contribution in [0.4, 0.5) is 0 Å². The van der Waals surface area contributed by atoms with E-state index in [1.165, 1.54) is 10.9 Å². The largest absolute Gasteiger partial charge is 0.313 e. The van der Waals surface area contributed by atoms with Crippen LogP contribution in [-0.2, 0) is 0 Å². The van der Waals surface area contributed by atoms with E-state index in [0.717, 1.165) is 18.4 Å². The number of para-hydroxylation sites is 1. The van der Waals surface area contributed by atoms with Crippen molar-refractivity contribution in [3.63, 3.8) is 0 Å². The lowest BCUT2D eigenvalue weighted by atomic mass is 9.98. The molecule has 1 heterocycles. The molecule has 0 radical (unpaired) electrons. The van der Waals surface area contributed by atoms with Gasteiger partial charge in [0.2, 0.25) is 0 Å². The Bertz CT molecular complexity index is 573. The molecule has 1 unspecified atom stereocenters. The third-order valence-corrected chi connectivity index (χ3v) is 3.14.